The molecule has 146 valence electrons. The van der Waals surface area contributed by atoms with E-state index >= 15 is 0 Å². The van der Waals surface area contributed by atoms with E-state index in [0.29, 0.717) is 23.1 Å². The summed E-state index contributed by atoms with van der Waals surface area (Å²) in [7, 11) is -3.50. The zero-order valence-electron chi connectivity index (χ0n) is 15.3. The van der Waals surface area contributed by atoms with E-state index in [2.05, 4.69) is 14.7 Å². The lowest BCUT2D eigenvalue weighted by Gasteiger charge is -2.10. The third-order valence-corrected chi connectivity index (χ3v) is 5.31. The van der Waals surface area contributed by atoms with Gasteiger partial charge in [-0.2, -0.15) is 0 Å². The van der Waals surface area contributed by atoms with Gasteiger partial charge < -0.3 is 9.30 Å². The summed E-state index contributed by atoms with van der Waals surface area (Å²) in [4.78, 5) is 8.32. The quantitative estimate of drug-likeness (QED) is 0.501. The normalized spacial score (nSPS) is 11.2. The molecular formula is C21H18N4O3S. The molecular weight excluding hydrogens is 388 g/mol. The summed E-state index contributed by atoms with van der Waals surface area (Å²) in [6, 6.07) is 21.2. The van der Waals surface area contributed by atoms with Crippen LogP contribution in [0.15, 0.2) is 91.5 Å². The molecule has 0 saturated carbocycles. The highest BCUT2D eigenvalue weighted by molar-refractivity contribution is 7.91. The van der Waals surface area contributed by atoms with Crippen LogP contribution in [0.3, 0.4) is 0 Å². The molecule has 0 aliphatic carbocycles. The van der Waals surface area contributed by atoms with Crippen LogP contribution in [-0.2, 0) is 15.8 Å². The Kier molecular flexibility index (Phi) is 5.26. The number of anilines is 1. The van der Waals surface area contributed by atoms with Gasteiger partial charge in [0.2, 0.25) is 15.9 Å². The molecule has 0 fully saturated rings. The van der Waals surface area contributed by atoms with Crippen LogP contribution >= 0.6 is 0 Å². The van der Waals surface area contributed by atoms with Gasteiger partial charge in [0.25, 0.3) is 0 Å². The minimum atomic E-state index is -3.50. The summed E-state index contributed by atoms with van der Waals surface area (Å²) in [6.45, 7) is 0. The average molecular weight is 406 g/mol. The molecule has 0 radical (unpaired) electrons. The van der Waals surface area contributed by atoms with Gasteiger partial charge in [0, 0.05) is 24.1 Å². The average Bonchev–Trinajstić information content (AvgIpc) is 3.25. The maximum atomic E-state index is 12.3. The molecule has 0 spiro atoms. The summed E-state index contributed by atoms with van der Waals surface area (Å²) in [5, 5.41) is 0. The number of nitrogens with zero attached hydrogens (tertiary/aromatic N) is 3. The number of hydrogen-bond donors (Lipinski definition) is 1. The molecule has 0 aliphatic rings. The Morgan fingerprint density at radius 2 is 1.62 bits per heavy atom. The second-order valence-corrected chi connectivity index (χ2v) is 8.00. The maximum Gasteiger partial charge on any atom is 0.236 e. The zero-order valence-corrected chi connectivity index (χ0v) is 16.2. The van der Waals surface area contributed by atoms with Gasteiger partial charge in [-0.1, -0.05) is 30.3 Å². The Balaban J connectivity index is 1.42. The van der Waals surface area contributed by atoms with Crippen molar-refractivity contribution in [3.8, 4) is 17.4 Å². The van der Waals surface area contributed by atoms with Crippen LogP contribution in [0.25, 0.3) is 5.82 Å². The molecule has 0 unspecified atom stereocenters. The van der Waals surface area contributed by atoms with Crippen molar-refractivity contribution in [2.24, 2.45) is 0 Å². The first-order chi connectivity index (χ1) is 14.1. The number of sulfonamides is 1. The van der Waals surface area contributed by atoms with Gasteiger partial charge in [0.05, 0.1) is 5.75 Å². The molecule has 7 nitrogen and oxygen atoms in total. The van der Waals surface area contributed by atoms with Crippen molar-refractivity contribution >= 4 is 15.7 Å². The van der Waals surface area contributed by atoms with Crippen molar-refractivity contribution < 1.29 is 13.2 Å². The van der Waals surface area contributed by atoms with Crippen molar-refractivity contribution in [3.05, 3.63) is 97.1 Å². The van der Waals surface area contributed by atoms with Crippen molar-refractivity contribution in [2.45, 2.75) is 5.75 Å². The first-order valence-electron chi connectivity index (χ1n) is 8.85. The lowest BCUT2D eigenvalue weighted by molar-refractivity contribution is 0.461. The van der Waals surface area contributed by atoms with E-state index < -0.39 is 10.0 Å². The van der Waals surface area contributed by atoms with Crippen molar-refractivity contribution in [1.29, 1.82) is 0 Å². The van der Waals surface area contributed by atoms with Gasteiger partial charge in [0.15, 0.2) is 0 Å². The lowest BCUT2D eigenvalue weighted by atomic mass is 10.2. The Bertz CT molecular complexity index is 1180. The van der Waals surface area contributed by atoms with Crippen LogP contribution < -0.4 is 9.46 Å². The number of rotatable bonds is 7. The van der Waals surface area contributed by atoms with Gasteiger partial charge in [-0.05, 0) is 42.0 Å². The maximum absolute atomic E-state index is 12.3. The molecule has 0 amide bonds. The van der Waals surface area contributed by atoms with Gasteiger partial charge in [-0.25, -0.2) is 18.4 Å². The number of benzene rings is 2. The fourth-order valence-electron chi connectivity index (χ4n) is 2.74. The molecule has 0 bridgehead atoms. The van der Waals surface area contributed by atoms with Crippen LogP contribution in [0.4, 0.5) is 5.69 Å². The molecule has 29 heavy (non-hydrogen) atoms. The highest BCUT2D eigenvalue weighted by atomic mass is 32.2. The van der Waals surface area contributed by atoms with E-state index in [-0.39, 0.29) is 5.75 Å². The molecule has 4 rings (SSSR count). The Morgan fingerprint density at radius 3 is 2.34 bits per heavy atom. The number of aromatic nitrogens is 3. The molecule has 0 atom stereocenters. The van der Waals surface area contributed by atoms with Crippen molar-refractivity contribution in [2.75, 3.05) is 4.72 Å². The SMILES string of the molecule is O=S(=O)(Cc1ccccc1)Nc1ccc(Oc2cc(-n3cccc3)ncn2)cc1. The highest BCUT2D eigenvalue weighted by Crippen LogP contribution is 2.23. The smallest absolute Gasteiger partial charge is 0.236 e. The lowest BCUT2D eigenvalue weighted by Crippen LogP contribution is -2.14. The molecule has 1 N–H and O–H groups in total. The van der Waals surface area contributed by atoms with Crippen molar-refractivity contribution in [3.63, 3.8) is 0 Å². The van der Waals surface area contributed by atoms with Crippen LogP contribution in [0.1, 0.15) is 5.56 Å². The molecule has 2 heterocycles. The molecule has 0 aliphatic heterocycles. The topological polar surface area (TPSA) is 86.1 Å². The Morgan fingerprint density at radius 1 is 0.897 bits per heavy atom. The summed E-state index contributed by atoms with van der Waals surface area (Å²) >= 11 is 0. The first-order valence-corrected chi connectivity index (χ1v) is 10.5. The summed E-state index contributed by atoms with van der Waals surface area (Å²) < 4.78 is 34.8. The van der Waals surface area contributed by atoms with Crippen LogP contribution in [0.2, 0.25) is 0 Å². The minimum absolute atomic E-state index is 0.0881. The number of hydrogen-bond acceptors (Lipinski definition) is 5. The zero-order chi connectivity index (χ0) is 20.1. The van der Waals surface area contributed by atoms with Gasteiger partial charge in [-0.3, -0.25) is 4.72 Å². The van der Waals surface area contributed by atoms with E-state index in [0.717, 1.165) is 5.56 Å². The molecule has 4 aromatic rings. The second-order valence-electron chi connectivity index (χ2n) is 6.28. The fraction of sp³-hybridized carbons (Fsp3) is 0.0476. The number of ether oxygens (including phenoxy) is 1. The van der Waals surface area contributed by atoms with Crippen LogP contribution in [0.5, 0.6) is 11.6 Å². The second kappa shape index (κ2) is 8.15. The third kappa shape index (κ3) is 4.99. The molecule has 2 aromatic carbocycles. The highest BCUT2D eigenvalue weighted by Gasteiger charge is 2.12. The van der Waals surface area contributed by atoms with Crippen LogP contribution in [-0.4, -0.2) is 23.0 Å². The predicted octanol–water partition coefficient (Wildman–Crippen LogP) is 4.00. The van der Waals surface area contributed by atoms with E-state index in [4.69, 9.17) is 4.74 Å². The standard InChI is InChI=1S/C21H18N4O3S/c26-29(27,15-17-6-2-1-3-7-17)24-18-8-10-19(11-9-18)28-21-14-20(22-16-23-21)25-12-4-5-13-25/h1-14,16,24H,15H2. The molecule has 2 aromatic heterocycles. The van der Waals surface area contributed by atoms with Gasteiger partial charge >= 0.3 is 0 Å². The van der Waals surface area contributed by atoms with Crippen molar-refractivity contribution in [1.82, 2.24) is 14.5 Å². The van der Waals surface area contributed by atoms with E-state index in [1.807, 2.05) is 47.3 Å². The summed E-state index contributed by atoms with van der Waals surface area (Å²) in [6.07, 6.45) is 5.18. The largest absolute Gasteiger partial charge is 0.439 e. The number of nitrogens with one attached hydrogen (secondary N) is 1. The van der Waals surface area contributed by atoms with Gasteiger partial charge in [0.1, 0.15) is 17.9 Å². The molecule has 8 heteroatoms. The fourth-order valence-corrected chi connectivity index (χ4v) is 3.93. The molecule has 0 saturated heterocycles. The third-order valence-electron chi connectivity index (χ3n) is 4.05. The van der Waals surface area contributed by atoms with Gasteiger partial charge in [-0.15, -0.1) is 0 Å². The van der Waals surface area contributed by atoms with E-state index in [1.54, 1.807) is 42.5 Å². The van der Waals surface area contributed by atoms with Crippen LogP contribution in [0, 0.1) is 0 Å². The first kappa shape index (κ1) is 18.7. The Hall–Kier alpha value is -3.65. The Labute approximate surface area is 168 Å². The van der Waals surface area contributed by atoms with E-state index in [1.165, 1.54) is 6.33 Å². The van der Waals surface area contributed by atoms with E-state index in [9.17, 15) is 8.42 Å². The minimum Gasteiger partial charge on any atom is -0.439 e. The monoisotopic (exact) mass is 406 g/mol. The predicted molar refractivity (Wildman–Crippen MR) is 111 cm³/mol. The summed E-state index contributed by atoms with van der Waals surface area (Å²) in [5.41, 5.74) is 1.19. The summed E-state index contributed by atoms with van der Waals surface area (Å²) in [5.74, 6) is 1.52.